The van der Waals surface area contributed by atoms with Gasteiger partial charge in [0.15, 0.2) is 11.7 Å². The number of carboxylic acids is 1. The van der Waals surface area contributed by atoms with Crippen molar-refractivity contribution in [1.82, 2.24) is 20.2 Å². The van der Waals surface area contributed by atoms with Crippen LogP contribution in [0.15, 0.2) is 11.0 Å². The number of fused-ring (bicyclic) bond motifs is 1. The third-order valence-corrected chi connectivity index (χ3v) is 2.99. The second kappa shape index (κ2) is 4.35. The first kappa shape index (κ1) is 11.7. The van der Waals surface area contributed by atoms with Crippen LogP contribution in [0.5, 0.6) is 0 Å². The van der Waals surface area contributed by atoms with Gasteiger partial charge in [-0.25, -0.2) is 4.79 Å². The van der Waals surface area contributed by atoms with Crippen molar-refractivity contribution in [3.8, 4) is 0 Å². The first-order chi connectivity index (χ1) is 9.16. The Labute approximate surface area is 106 Å². The Hall–Kier alpha value is -2.42. The number of carboxylic acid groups (broad SMARTS) is 1. The van der Waals surface area contributed by atoms with Crippen LogP contribution in [0.2, 0.25) is 0 Å². The SMILES string of the molecule is O=C(O)C1COCCN1c1nc2[nH]ncc2c(=O)[nH]1. The lowest BCUT2D eigenvalue weighted by atomic mass is 10.2. The van der Waals surface area contributed by atoms with Gasteiger partial charge < -0.3 is 14.7 Å². The van der Waals surface area contributed by atoms with Gasteiger partial charge in [-0.15, -0.1) is 0 Å². The number of aromatic amines is 2. The molecule has 1 saturated heterocycles. The number of nitrogens with one attached hydrogen (secondary N) is 2. The van der Waals surface area contributed by atoms with E-state index in [1.54, 1.807) is 0 Å². The second-order valence-corrected chi connectivity index (χ2v) is 4.14. The van der Waals surface area contributed by atoms with Crippen LogP contribution in [0.3, 0.4) is 0 Å². The predicted molar refractivity (Wildman–Crippen MR) is 64.1 cm³/mol. The van der Waals surface area contributed by atoms with Gasteiger partial charge >= 0.3 is 5.97 Å². The summed E-state index contributed by atoms with van der Waals surface area (Å²) in [4.78, 5) is 31.3. The summed E-state index contributed by atoms with van der Waals surface area (Å²) in [5, 5.41) is 15.8. The summed E-state index contributed by atoms with van der Waals surface area (Å²) in [6.45, 7) is 0.786. The number of rotatable bonds is 2. The summed E-state index contributed by atoms with van der Waals surface area (Å²) in [7, 11) is 0. The van der Waals surface area contributed by atoms with E-state index in [0.29, 0.717) is 24.2 Å². The molecule has 2 aromatic rings. The molecule has 3 rings (SSSR count). The van der Waals surface area contributed by atoms with E-state index < -0.39 is 12.0 Å². The molecular weight excluding hydrogens is 254 g/mol. The van der Waals surface area contributed by atoms with Crippen LogP contribution in [-0.4, -0.2) is 57.0 Å². The van der Waals surface area contributed by atoms with E-state index in [1.807, 2.05) is 0 Å². The zero-order chi connectivity index (χ0) is 13.4. The van der Waals surface area contributed by atoms with Gasteiger partial charge in [0, 0.05) is 6.54 Å². The van der Waals surface area contributed by atoms with Crippen molar-refractivity contribution in [3.05, 3.63) is 16.6 Å². The van der Waals surface area contributed by atoms with E-state index in [1.165, 1.54) is 11.1 Å². The number of aliphatic carboxylic acids is 1. The fourth-order valence-electron chi connectivity index (χ4n) is 2.03. The molecule has 0 aromatic carbocycles. The van der Waals surface area contributed by atoms with Crippen molar-refractivity contribution < 1.29 is 14.6 Å². The summed E-state index contributed by atoms with van der Waals surface area (Å²) in [5.41, 5.74) is -0.0289. The van der Waals surface area contributed by atoms with Crippen LogP contribution >= 0.6 is 0 Å². The Balaban J connectivity index is 2.06. The third-order valence-electron chi connectivity index (χ3n) is 2.99. The molecular formula is C10H11N5O4. The maximum atomic E-state index is 11.8. The highest BCUT2D eigenvalue weighted by Gasteiger charge is 2.31. The van der Waals surface area contributed by atoms with Crippen LogP contribution in [0.1, 0.15) is 0 Å². The number of carbonyl (C=O) groups is 1. The van der Waals surface area contributed by atoms with Gasteiger partial charge in [0.25, 0.3) is 5.56 Å². The van der Waals surface area contributed by atoms with Gasteiger partial charge in [-0.2, -0.15) is 10.1 Å². The summed E-state index contributed by atoms with van der Waals surface area (Å²) in [6.07, 6.45) is 1.37. The molecule has 1 aliphatic heterocycles. The van der Waals surface area contributed by atoms with E-state index in [-0.39, 0.29) is 18.1 Å². The quantitative estimate of drug-likeness (QED) is 0.631. The molecule has 9 heteroatoms. The highest BCUT2D eigenvalue weighted by Crippen LogP contribution is 2.15. The molecule has 1 aliphatic rings. The van der Waals surface area contributed by atoms with Crippen molar-refractivity contribution in [1.29, 1.82) is 0 Å². The maximum absolute atomic E-state index is 11.8. The lowest BCUT2D eigenvalue weighted by Crippen LogP contribution is -2.51. The minimum absolute atomic E-state index is 0.0556. The first-order valence-corrected chi connectivity index (χ1v) is 5.67. The molecule has 19 heavy (non-hydrogen) atoms. The normalized spacial score (nSPS) is 19.8. The Bertz CT molecular complexity index is 678. The van der Waals surface area contributed by atoms with E-state index in [2.05, 4.69) is 20.2 Å². The van der Waals surface area contributed by atoms with Crippen LogP contribution in [-0.2, 0) is 9.53 Å². The van der Waals surface area contributed by atoms with E-state index in [4.69, 9.17) is 9.84 Å². The smallest absolute Gasteiger partial charge is 0.328 e. The number of hydrogen-bond acceptors (Lipinski definition) is 6. The summed E-state index contributed by atoms with van der Waals surface area (Å²) >= 11 is 0. The van der Waals surface area contributed by atoms with E-state index >= 15 is 0 Å². The molecule has 1 atom stereocenters. The molecule has 0 aliphatic carbocycles. The van der Waals surface area contributed by atoms with E-state index in [0.717, 1.165) is 0 Å². The zero-order valence-electron chi connectivity index (χ0n) is 9.79. The highest BCUT2D eigenvalue weighted by molar-refractivity contribution is 5.79. The Morgan fingerprint density at radius 2 is 2.42 bits per heavy atom. The number of nitrogens with zero attached hydrogens (tertiary/aromatic N) is 3. The van der Waals surface area contributed by atoms with Gasteiger partial charge in [-0.1, -0.05) is 0 Å². The number of morpholine rings is 1. The van der Waals surface area contributed by atoms with Gasteiger partial charge in [0.05, 0.1) is 19.4 Å². The first-order valence-electron chi connectivity index (χ1n) is 5.67. The van der Waals surface area contributed by atoms with Crippen LogP contribution in [0, 0.1) is 0 Å². The lowest BCUT2D eigenvalue weighted by molar-refractivity contribution is -0.141. The van der Waals surface area contributed by atoms with Crippen molar-refractivity contribution in [2.24, 2.45) is 0 Å². The van der Waals surface area contributed by atoms with Gasteiger partial charge in [0.1, 0.15) is 5.39 Å². The largest absolute Gasteiger partial charge is 0.480 e. The molecule has 1 fully saturated rings. The molecule has 1 unspecified atom stereocenters. The minimum atomic E-state index is -1.02. The number of anilines is 1. The van der Waals surface area contributed by atoms with Crippen LogP contribution in [0.4, 0.5) is 5.95 Å². The fourth-order valence-corrected chi connectivity index (χ4v) is 2.03. The Kier molecular flexibility index (Phi) is 2.67. The number of H-pyrrole nitrogens is 2. The molecule has 0 bridgehead atoms. The molecule has 0 spiro atoms. The summed E-state index contributed by atoms with van der Waals surface area (Å²) in [5.74, 6) is -0.815. The van der Waals surface area contributed by atoms with Crippen molar-refractivity contribution in [2.45, 2.75) is 6.04 Å². The molecule has 100 valence electrons. The molecule has 0 saturated carbocycles. The van der Waals surface area contributed by atoms with Gasteiger partial charge in [-0.3, -0.25) is 14.9 Å². The van der Waals surface area contributed by atoms with Crippen molar-refractivity contribution in [2.75, 3.05) is 24.7 Å². The molecule has 2 aromatic heterocycles. The Morgan fingerprint density at radius 3 is 3.21 bits per heavy atom. The molecule has 9 nitrogen and oxygen atoms in total. The van der Waals surface area contributed by atoms with Gasteiger partial charge in [0.2, 0.25) is 5.95 Å². The third kappa shape index (κ3) is 1.93. The second-order valence-electron chi connectivity index (χ2n) is 4.14. The maximum Gasteiger partial charge on any atom is 0.328 e. The van der Waals surface area contributed by atoms with E-state index in [9.17, 15) is 9.59 Å². The van der Waals surface area contributed by atoms with Crippen LogP contribution < -0.4 is 10.5 Å². The predicted octanol–water partition coefficient (Wildman–Crippen LogP) is -1.06. The molecule has 3 N–H and O–H groups in total. The standard InChI is InChI=1S/C10H11N5O4/c16-8-5-3-11-14-7(5)12-10(13-8)15-1-2-19-4-6(15)9(17)18/h3,6H,1-2,4H2,(H,17,18)(H2,11,12,13,14,16). The number of hydrogen-bond donors (Lipinski definition) is 3. The minimum Gasteiger partial charge on any atom is -0.480 e. The summed E-state index contributed by atoms with van der Waals surface area (Å²) < 4.78 is 5.14. The van der Waals surface area contributed by atoms with Gasteiger partial charge in [-0.05, 0) is 0 Å². The monoisotopic (exact) mass is 265 g/mol. The molecule has 3 heterocycles. The van der Waals surface area contributed by atoms with Crippen molar-refractivity contribution >= 4 is 23.0 Å². The fraction of sp³-hybridized carbons (Fsp3) is 0.400. The molecule has 0 radical (unpaired) electrons. The average molecular weight is 265 g/mol. The lowest BCUT2D eigenvalue weighted by Gasteiger charge is -2.32. The number of aromatic nitrogens is 4. The Morgan fingerprint density at radius 1 is 1.58 bits per heavy atom. The topological polar surface area (TPSA) is 124 Å². The summed E-state index contributed by atoms with van der Waals surface area (Å²) in [6, 6.07) is -0.864. The molecule has 0 amide bonds. The average Bonchev–Trinajstić information content (AvgIpc) is 2.87. The number of ether oxygens (including phenoxy) is 1. The highest BCUT2D eigenvalue weighted by atomic mass is 16.5. The van der Waals surface area contributed by atoms with Crippen LogP contribution in [0.25, 0.3) is 11.0 Å². The zero-order valence-corrected chi connectivity index (χ0v) is 9.79. The van der Waals surface area contributed by atoms with Crippen molar-refractivity contribution in [3.63, 3.8) is 0 Å².